The first-order valence-electron chi connectivity index (χ1n) is 9.03. The molecule has 3 aromatic rings. The summed E-state index contributed by atoms with van der Waals surface area (Å²) in [6, 6.07) is 16.6. The van der Waals surface area contributed by atoms with E-state index in [0.29, 0.717) is 11.4 Å². The van der Waals surface area contributed by atoms with Gasteiger partial charge in [0, 0.05) is 27.2 Å². The topological polar surface area (TPSA) is 46.4 Å². The summed E-state index contributed by atoms with van der Waals surface area (Å²) in [5.41, 5.74) is 6.78. The number of hydrogen-bond donors (Lipinski definition) is 1. The third kappa shape index (κ3) is 5.58. The van der Waals surface area contributed by atoms with E-state index < -0.39 is 0 Å². The van der Waals surface area contributed by atoms with Crippen molar-refractivity contribution in [1.82, 2.24) is 9.99 Å². The van der Waals surface area contributed by atoms with Crippen molar-refractivity contribution in [1.29, 1.82) is 0 Å². The lowest BCUT2D eigenvalue weighted by Crippen LogP contribution is -2.19. The SMILES string of the molecule is Cc1cc(/C=N/NC(=O)CSCc2cccc(Br)c2)c(C)n1-c1ccccc1F. The van der Waals surface area contributed by atoms with Crippen molar-refractivity contribution >= 4 is 39.8 Å². The van der Waals surface area contributed by atoms with Crippen LogP contribution in [0.5, 0.6) is 0 Å². The standard InChI is InChI=1S/C22H21BrFN3OS/c1-15-10-18(16(2)27(15)21-9-4-3-8-20(21)24)12-25-26-22(28)14-29-13-17-6-5-7-19(23)11-17/h3-12H,13-14H2,1-2H3,(H,26,28)/b25-12+. The lowest BCUT2D eigenvalue weighted by molar-refractivity contribution is -0.118. The summed E-state index contributed by atoms with van der Waals surface area (Å²) in [4.78, 5) is 12.0. The number of rotatable bonds is 7. The quantitative estimate of drug-likeness (QED) is 0.369. The molecule has 0 spiro atoms. The van der Waals surface area contributed by atoms with Crippen LogP contribution in [-0.2, 0) is 10.5 Å². The van der Waals surface area contributed by atoms with E-state index >= 15 is 0 Å². The molecule has 29 heavy (non-hydrogen) atoms. The highest BCUT2D eigenvalue weighted by Crippen LogP contribution is 2.22. The van der Waals surface area contributed by atoms with E-state index in [1.165, 1.54) is 17.8 Å². The lowest BCUT2D eigenvalue weighted by Gasteiger charge is -2.10. The van der Waals surface area contributed by atoms with Crippen molar-refractivity contribution in [3.63, 3.8) is 0 Å². The van der Waals surface area contributed by atoms with Crippen LogP contribution in [0.2, 0.25) is 0 Å². The van der Waals surface area contributed by atoms with E-state index in [4.69, 9.17) is 0 Å². The molecule has 4 nitrogen and oxygen atoms in total. The fourth-order valence-corrected chi connectivity index (χ4v) is 4.23. The van der Waals surface area contributed by atoms with Gasteiger partial charge in [0.15, 0.2) is 0 Å². The third-order valence-electron chi connectivity index (χ3n) is 4.35. The minimum atomic E-state index is -0.284. The number of aromatic nitrogens is 1. The van der Waals surface area contributed by atoms with Crippen molar-refractivity contribution in [3.8, 4) is 5.69 Å². The smallest absolute Gasteiger partial charge is 0.250 e. The summed E-state index contributed by atoms with van der Waals surface area (Å²) in [6.07, 6.45) is 1.59. The summed E-state index contributed by atoms with van der Waals surface area (Å²) in [7, 11) is 0. The van der Waals surface area contributed by atoms with Crippen molar-refractivity contribution in [2.24, 2.45) is 5.10 Å². The molecule has 0 aliphatic carbocycles. The van der Waals surface area contributed by atoms with Gasteiger partial charge in [-0.15, -0.1) is 11.8 Å². The van der Waals surface area contributed by atoms with Gasteiger partial charge in [-0.25, -0.2) is 9.82 Å². The van der Waals surface area contributed by atoms with Crippen LogP contribution in [0.25, 0.3) is 5.69 Å². The Labute approximate surface area is 182 Å². The Morgan fingerprint density at radius 2 is 2.00 bits per heavy atom. The van der Waals surface area contributed by atoms with Crippen molar-refractivity contribution in [2.45, 2.75) is 19.6 Å². The van der Waals surface area contributed by atoms with Crippen LogP contribution in [0.1, 0.15) is 22.5 Å². The molecule has 1 amide bonds. The van der Waals surface area contributed by atoms with Crippen LogP contribution in [0.4, 0.5) is 4.39 Å². The van der Waals surface area contributed by atoms with Crippen molar-refractivity contribution < 1.29 is 9.18 Å². The molecule has 0 aliphatic rings. The Bertz CT molecular complexity index is 1050. The number of thioether (sulfide) groups is 1. The Kier molecular flexibility index (Phi) is 7.28. The van der Waals surface area contributed by atoms with Crippen molar-refractivity contribution in [2.75, 3.05) is 5.75 Å². The van der Waals surface area contributed by atoms with E-state index in [0.717, 1.165) is 32.7 Å². The van der Waals surface area contributed by atoms with Crippen LogP contribution in [-0.4, -0.2) is 22.4 Å². The van der Waals surface area contributed by atoms with Gasteiger partial charge in [0.2, 0.25) is 5.91 Å². The first kappa shape index (κ1) is 21.3. The van der Waals surface area contributed by atoms with Crippen LogP contribution in [0.15, 0.2) is 64.2 Å². The van der Waals surface area contributed by atoms with E-state index in [2.05, 4.69) is 26.5 Å². The predicted octanol–water partition coefficient (Wildman–Crippen LogP) is 5.38. The maximum absolute atomic E-state index is 14.1. The van der Waals surface area contributed by atoms with Gasteiger partial charge in [-0.2, -0.15) is 5.10 Å². The highest BCUT2D eigenvalue weighted by Gasteiger charge is 2.12. The molecule has 0 radical (unpaired) electrons. The third-order valence-corrected chi connectivity index (χ3v) is 5.84. The monoisotopic (exact) mass is 473 g/mol. The van der Waals surface area contributed by atoms with E-state index in [9.17, 15) is 9.18 Å². The lowest BCUT2D eigenvalue weighted by atomic mass is 10.2. The maximum atomic E-state index is 14.1. The summed E-state index contributed by atoms with van der Waals surface area (Å²) >= 11 is 4.97. The molecule has 0 saturated heterocycles. The van der Waals surface area contributed by atoms with Crippen LogP contribution >= 0.6 is 27.7 Å². The molecule has 0 saturated carbocycles. The number of amides is 1. The Balaban J connectivity index is 1.57. The average Bonchev–Trinajstić information content (AvgIpc) is 2.96. The van der Waals surface area contributed by atoms with Gasteiger partial charge in [0.05, 0.1) is 17.7 Å². The van der Waals surface area contributed by atoms with Crippen LogP contribution in [0.3, 0.4) is 0 Å². The molecular formula is C22H21BrFN3OS. The fourth-order valence-electron chi connectivity index (χ4n) is 3.02. The summed E-state index contributed by atoms with van der Waals surface area (Å²) < 4.78 is 17.0. The number of carbonyl (C=O) groups excluding carboxylic acids is 1. The molecule has 1 aromatic heterocycles. The minimum Gasteiger partial charge on any atom is -0.315 e. The number of para-hydroxylation sites is 1. The van der Waals surface area contributed by atoms with Crippen LogP contribution < -0.4 is 5.43 Å². The first-order chi connectivity index (χ1) is 14.0. The van der Waals surface area contributed by atoms with Gasteiger partial charge in [-0.05, 0) is 49.7 Å². The van der Waals surface area contributed by atoms with Crippen LogP contribution in [0, 0.1) is 19.7 Å². The average molecular weight is 474 g/mol. The second-order valence-electron chi connectivity index (χ2n) is 6.53. The van der Waals surface area contributed by atoms with Gasteiger partial charge in [0.25, 0.3) is 0 Å². The van der Waals surface area contributed by atoms with Gasteiger partial charge in [-0.1, -0.05) is 40.2 Å². The Morgan fingerprint density at radius 1 is 1.21 bits per heavy atom. The molecule has 0 unspecified atom stereocenters. The zero-order valence-corrected chi connectivity index (χ0v) is 18.6. The molecule has 3 rings (SSSR count). The van der Waals surface area contributed by atoms with E-state index in [1.807, 2.05) is 48.7 Å². The molecule has 2 aromatic carbocycles. The van der Waals surface area contributed by atoms with Gasteiger partial charge >= 0.3 is 0 Å². The highest BCUT2D eigenvalue weighted by molar-refractivity contribution is 9.10. The zero-order chi connectivity index (χ0) is 20.8. The van der Waals surface area contributed by atoms with E-state index in [1.54, 1.807) is 24.4 Å². The maximum Gasteiger partial charge on any atom is 0.250 e. The molecule has 0 atom stereocenters. The van der Waals surface area contributed by atoms with Gasteiger partial charge in [0.1, 0.15) is 5.82 Å². The minimum absolute atomic E-state index is 0.163. The number of nitrogens with one attached hydrogen (secondary N) is 1. The second-order valence-corrected chi connectivity index (χ2v) is 8.43. The number of hydrazone groups is 1. The number of benzene rings is 2. The number of nitrogens with zero attached hydrogens (tertiary/aromatic N) is 2. The Morgan fingerprint density at radius 3 is 2.76 bits per heavy atom. The first-order valence-corrected chi connectivity index (χ1v) is 11.0. The number of halogens is 2. The van der Waals surface area contributed by atoms with Crippen molar-refractivity contribution in [3.05, 3.63) is 87.4 Å². The second kappa shape index (κ2) is 9.89. The Hall–Kier alpha value is -2.38. The molecule has 1 heterocycles. The molecule has 1 N–H and O–H groups in total. The largest absolute Gasteiger partial charge is 0.315 e. The summed E-state index contributed by atoms with van der Waals surface area (Å²) in [5.74, 6) is 0.621. The number of hydrogen-bond acceptors (Lipinski definition) is 3. The van der Waals surface area contributed by atoms with Gasteiger partial charge < -0.3 is 4.57 Å². The van der Waals surface area contributed by atoms with Gasteiger partial charge in [-0.3, -0.25) is 4.79 Å². The molecule has 150 valence electrons. The zero-order valence-electron chi connectivity index (χ0n) is 16.2. The molecule has 0 fully saturated rings. The molecule has 0 aliphatic heterocycles. The predicted molar refractivity (Wildman–Crippen MR) is 121 cm³/mol. The molecule has 7 heteroatoms. The summed E-state index contributed by atoms with van der Waals surface area (Å²) in [5, 5.41) is 4.06. The highest BCUT2D eigenvalue weighted by atomic mass is 79.9. The molecular weight excluding hydrogens is 453 g/mol. The fraction of sp³-hybridized carbons (Fsp3) is 0.182. The molecule has 0 bridgehead atoms. The summed E-state index contributed by atoms with van der Waals surface area (Å²) in [6.45, 7) is 3.81. The normalized spacial score (nSPS) is 11.2. The van der Waals surface area contributed by atoms with E-state index in [-0.39, 0.29) is 11.7 Å². The number of carbonyl (C=O) groups is 1. The number of aryl methyl sites for hydroxylation is 1.